The molecular weight excluding hydrogens is 687 g/mol. The highest BCUT2D eigenvalue weighted by Crippen LogP contribution is 2.45. The van der Waals surface area contributed by atoms with Gasteiger partial charge in [0, 0.05) is 37.1 Å². The zero-order valence-electron chi connectivity index (χ0n) is 34.7. The normalized spacial score (nSPS) is 11.7. The van der Waals surface area contributed by atoms with Gasteiger partial charge in [0.1, 0.15) is 48.6 Å². The van der Waals surface area contributed by atoms with Crippen LogP contribution in [0.5, 0.6) is 28.7 Å². The average Bonchev–Trinajstić information content (AvgIpc) is 3.08. The number of ether oxygens (including phenoxy) is 3. The Morgan fingerprint density at radius 2 is 0.811 bits per heavy atom. The molecule has 0 radical (unpaired) electrons. The van der Waals surface area contributed by atoms with Gasteiger partial charge in [-0.25, -0.2) is 0 Å². The Labute approximate surface area is 320 Å². The number of carbonyl (C=O) groups is 3. The smallest absolute Gasteiger partial charge is 0.286 e. The summed E-state index contributed by atoms with van der Waals surface area (Å²) in [6.45, 7) is 29.0. The van der Waals surface area contributed by atoms with Gasteiger partial charge in [0.25, 0.3) is 8.38 Å². The lowest BCUT2D eigenvalue weighted by Gasteiger charge is -2.27. The van der Waals surface area contributed by atoms with Crippen LogP contribution in [0, 0.1) is 6.92 Å². The third-order valence-electron chi connectivity index (χ3n) is 8.37. The first-order chi connectivity index (χ1) is 24.6. The molecule has 53 heavy (non-hydrogen) atoms. The van der Waals surface area contributed by atoms with Crippen molar-refractivity contribution in [1.82, 2.24) is 0 Å². The second-order valence-corrected chi connectivity index (χ2v) is 17.5. The number of Topliss-reactive ketones (excluding diaryl/α,β-unsaturated/α-hetero) is 3. The molecule has 0 aliphatic rings. The van der Waals surface area contributed by atoms with Gasteiger partial charge in [-0.05, 0) is 82.8 Å². The van der Waals surface area contributed by atoms with E-state index in [1.54, 1.807) is 0 Å². The van der Waals surface area contributed by atoms with Gasteiger partial charge in [-0.15, -0.1) is 0 Å². The Kier molecular flexibility index (Phi) is 17.1. The third-order valence-corrected chi connectivity index (χ3v) is 9.28. The Hall–Kier alpha value is -3.90. The Morgan fingerprint density at radius 1 is 0.509 bits per heavy atom. The van der Waals surface area contributed by atoms with E-state index in [4.69, 9.17) is 23.3 Å². The van der Waals surface area contributed by atoms with Gasteiger partial charge in [0.05, 0.1) is 0 Å². The lowest BCUT2D eigenvalue weighted by Crippen LogP contribution is -2.15. The van der Waals surface area contributed by atoms with Crippen molar-refractivity contribution in [3.05, 3.63) is 76.9 Å². The molecule has 0 saturated heterocycles. The van der Waals surface area contributed by atoms with Crippen LogP contribution in [0.1, 0.15) is 125 Å². The predicted octanol–water partition coefficient (Wildman–Crippen LogP) is 11.0. The van der Waals surface area contributed by atoms with Crippen LogP contribution in [0.2, 0.25) is 0 Å². The van der Waals surface area contributed by atoms with E-state index in [2.05, 4.69) is 69.2 Å². The minimum absolute atomic E-state index is 0.0566. The molecule has 0 amide bonds. The molecule has 0 atom stereocenters. The van der Waals surface area contributed by atoms with Crippen LogP contribution in [0.25, 0.3) is 0 Å². The van der Waals surface area contributed by atoms with Gasteiger partial charge in [-0.3, -0.25) is 14.4 Å². The maximum absolute atomic E-state index is 11.7. The second-order valence-electron chi connectivity index (χ2n) is 16.2. The molecule has 0 bridgehead atoms. The third kappa shape index (κ3) is 15.2. The highest BCUT2D eigenvalue weighted by Gasteiger charge is 2.25. The van der Waals surface area contributed by atoms with Crippen LogP contribution in [0.3, 0.4) is 0 Å². The van der Waals surface area contributed by atoms with E-state index < -0.39 is 8.38 Å². The first-order valence-corrected chi connectivity index (χ1v) is 20.1. The number of ketones is 3. The standard InChI is InChI=1S/C29H41O6P.C15H22O2/c1-10-20(30)18-32-22-12-14-26(24(16-22)28(3,4)5)34-36(9)35-27-15-13-23(33-19-21(31)11-2)17-25(27)29(6,7)8;1-6-12(16)10-17-13-8-7-11(2)14(9-13)15(3,4)5/h12-17H,10-11,18-19H2,1-9H3;7-9H,6,10H2,1-5H3. The van der Waals surface area contributed by atoms with Gasteiger partial charge in [-0.1, -0.05) is 89.2 Å². The largest absolute Gasteiger partial charge is 0.486 e. The number of rotatable bonds is 16. The van der Waals surface area contributed by atoms with Gasteiger partial charge in [0.15, 0.2) is 17.3 Å². The summed E-state index contributed by atoms with van der Waals surface area (Å²) in [4.78, 5) is 34.5. The summed E-state index contributed by atoms with van der Waals surface area (Å²) >= 11 is 0. The molecule has 292 valence electrons. The minimum atomic E-state index is -1.31. The fourth-order valence-corrected chi connectivity index (χ4v) is 6.03. The predicted molar refractivity (Wildman–Crippen MR) is 217 cm³/mol. The summed E-state index contributed by atoms with van der Waals surface area (Å²) in [6.07, 6.45) is 1.43. The number of benzene rings is 3. The SMILES string of the molecule is CCC(=O)COc1ccc(C)c(C(C)(C)C)c1.CCC(=O)COc1ccc(OP(C)Oc2ccc(OCC(=O)CC)cc2C(C)(C)C)c(C(C)(C)C)c1. The zero-order valence-corrected chi connectivity index (χ0v) is 35.5. The molecular formula is C44H63O8P. The average molecular weight is 751 g/mol. The van der Waals surface area contributed by atoms with Gasteiger partial charge in [-0.2, -0.15) is 0 Å². The van der Waals surface area contributed by atoms with Gasteiger partial charge >= 0.3 is 0 Å². The molecule has 0 aromatic heterocycles. The summed E-state index contributed by atoms with van der Waals surface area (Å²) in [5.74, 6) is 3.75. The monoisotopic (exact) mass is 750 g/mol. The van der Waals surface area contributed by atoms with E-state index in [0.717, 1.165) is 28.4 Å². The molecule has 0 unspecified atom stereocenters. The van der Waals surface area contributed by atoms with Crippen molar-refractivity contribution in [2.75, 3.05) is 26.5 Å². The van der Waals surface area contributed by atoms with Crippen molar-refractivity contribution in [2.24, 2.45) is 0 Å². The molecule has 0 heterocycles. The summed E-state index contributed by atoms with van der Waals surface area (Å²) < 4.78 is 29.5. The van der Waals surface area contributed by atoms with Crippen LogP contribution in [-0.2, 0) is 30.6 Å². The van der Waals surface area contributed by atoms with E-state index in [9.17, 15) is 14.4 Å². The summed E-state index contributed by atoms with van der Waals surface area (Å²) in [5, 5.41) is 0. The van der Waals surface area contributed by atoms with Crippen molar-refractivity contribution < 1.29 is 37.6 Å². The van der Waals surface area contributed by atoms with E-state index in [0.29, 0.717) is 30.8 Å². The maximum Gasteiger partial charge on any atom is 0.286 e. The minimum Gasteiger partial charge on any atom is -0.486 e. The molecule has 3 aromatic rings. The van der Waals surface area contributed by atoms with Crippen molar-refractivity contribution in [2.45, 2.75) is 126 Å². The van der Waals surface area contributed by atoms with E-state index in [1.807, 2.05) is 82.0 Å². The van der Waals surface area contributed by atoms with Gasteiger partial charge in [0.2, 0.25) is 0 Å². The fraction of sp³-hybridized carbons (Fsp3) is 0.523. The van der Waals surface area contributed by atoms with Crippen molar-refractivity contribution in [1.29, 1.82) is 0 Å². The summed E-state index contributed by atoms with van der Waals surface area (Å²) in [5.41, 5.74) is 4.16. The Balaban J connectivity index is 0.000000477. The summed E-state index contributed by atoms with van der Waals surface area (Å²) in [7, 11) is -1.31. The molecule has 9 heteroatoms. The molecule has 0 aliphatic heterocycles. The maximum atomic E-state index is 11.7. The highest BCUT2D eigenvalue weighted by molar-refractivity contribution is 7.47. The van der Waals surface area contributed by atoms with Gasteiger partial charge < -0.3 is 23.3 Å². The van der Waals surface area contributed by atoms with Crippen LogP contribution in [0.4, 0.5) is 0 Å². The first kappa shape index (κ1) is 45.3. The highest BCUT2D eigenvalue weighted by atomic mass is 31.2. The van der Waals surface area contributed by atoms with Crippen LogP contribution in [-0.4, -0.2) is 43.8 Å². The second kappa shape index (κ2) is 20.0. The fourth-order valence-electron chi connectivity index (χ4n) is 5.12. The summed E-state index contributed by atoms with van der Waals surface area (Å²) in [6, 6.07) is 17.3. The first-order valence-electron chi connectivity index (χ1n) is 18.5. The van der Waals surface area contributed by atoms with E-state index in [1.165, 1.54) is 11.1 Å². The molecule has 0 aliphatic carbocycles. The number of aryl methyl sites for hydroxylation is 1. The zero-order chi connectivity index (χ0) is 40.1. The molecule has 0 saturated carbocycles. The lowest BCUT2D eigenvalue weighted by molar-refractivity contribution is -0.121. The van der Waals surface area contributed by atoms with Crippen LogP contribution in [0.15, 0.2) is 54.6 Å². The van der Waals surface area contributed by atoms with Crippen molar-refractivity contribution in [3.63, 3.8) is 0 Å². The quantitative estimate of drug-likeness (QED) is 0.134. The van der Waals surface area contributed by atoms with E-state index >= 15 is 0 Å². The number of hydrogen-bond donors (Lipinski definition) is 0. The molecule has 3 rings (SSSR count). The molecule has 8 nitrogen and oxygen atoms in total. The Bertz CT molecular complexity index is 1590. The van der Waals surface area contributed by atoms with Crippen LogP contribution < -0.4 is 23.3 Å². The molecule has 0 N–H and O–H groups in total. The topological polar surface area (TPSA) is 97.4 Å². The van der Waals surface area contributed by atoms with E-state index in [-0.39, 0.29) is 53.4 Å². The number of carbonyl (C=O) groups excluding carboxylic acids is 3. The molecule has 3 aromatic carbocycles. The van der Waals surface area contributed by atoms with Crippen LogP contribution >= 0.6 is 8.38 Å². The van der Waals surface area contributed by atoms with Crippen molar-refractivity contribution >= 4 is 25.7 Å². The lowest BCUT2D eigenvalue weighted by atomic mass is 9.84. The van der Waals surface area contributed by atoms with Crippen molar-refractivity contribution in [3.8, 4) is 28.7 Å². The Morgan fingerprint density at radius 3 is 1.11 bits per heavy atom. The number of hydrogen-bond acceptors (Lipinski definition) is 8. The molecule has 0 fully saturated rings. The molecule has 0 spiro atoms.